The van der Waals surface area contributed by atoms with Gasteiger partial charge in [0.25, 0.3) is 0 Å². The van der Waals surface area contributed by atoms with Crippen LogP contribution in [0.25, 0.3) is 0 Å². The van der Waals surface area contributed by atoms with E-state index in [2.05, 4.69) is 10.1 Å². The van der Waals surface area contributed by atoms with Crippen LogP contribution in [0.5, 0.6) is 0 Å². The van der Waals surface area contributed by atoms with Crippen LogP contribution in [0.15, 0.2) is 12.2 Å². The number of rotatable bonds is 5. The van der Waals surface area contributed by atoms with Gasteiger partial charge in [-0.15, -0.1) is 0 Å². The van der Waals surface area contributed by atoms with E-state index in [1.54, 1.807) is 26.8 Å². The van der Waals surface area contributed by atoms with Gasteiger partial charge in [0, 0.05) is 6.42 Å². The molecule has 0 unspecified atom stereocenters. The van der Waals surface area contributed by atoms with Gasteiger partial charge in [-0.25, -0.2) is 4.79 Å². The van der Waals surface area contributed by atoms with Crippen molar-refractivity contribution in [3.63, 3.8) is 0 Å². The molecule has 1 aliphatic rings. The molecule has 142 valence electrons. The molecule has 10 heteroatoms. The molecule has 0 bridgehead atoms. The van der Waals surface area contributed by atoms with Crippen molar-refractivity contribution in [2.45, 2.75) is 57.5 Å². The Morgan fingerprint density at radius 1 is 1.12 bits per heavy atom. The molecule has 0 aromatic carbocycles. The molecule has 1 rings (SSSR count). The molecule has 0 heterocycles. The number of amides is 1. The predicted molar refractivity (Wildman–Crippen MR) is 78.4 cm³/mol. The third-order valence-corrected chi connectivity index (χ3v) is 2.71. The second-order valence-electron chi connectivity index (χ2n) is 6.35. The SMILES string of the molecule is CC(C)(C)OC(=O)N[C@@H]1C=C[C@@H](OC(=O)CC(=O)OCC(F)(F)F)C1. The van der Waals surface area contributed by atoms with Crippen LogP contribution in [0.4, 0.5) is 18.0 Å². The summed E-state index contributed by atoms with van der Waals surface area (Å²) < 4.78 is 49.6. The number of alkyl halides is 3. The number of alkyl carbamates (subject to hydrolysis) is 1. The van der Waals surface area contributed by atoms with Crippen molar-refractivity contribution >= 4 is 18.0 Å². The number of halogens is 3. The predicted octanol–water partition coefficient (Wildman–Crippen LogP) is 2.25. The number of ether oxygens (including phenoxy) is 3. The number of hydrogen-bond donors (Lipinski definition) is 1. The minimum Gasteiger partial charge on any atom is -0.458 e. The van der Waals surface area contributed by atoms with Gasteiger partial charge in [0.15, 0.2) is 6.61 Å². The zero-order valence-electron chi connectivity index (χ0n) is 14.0. The third kappa shape index (κ3) is 9.58. The van der Waals surface area contributed by atoms with E-state index in [-0.39, 0.29) is 6.42 Å². The average molecular weight is 367 g/mol. The standard InChI is InChI=1S/C15H20F3NO6/c1-14(2,3)25-13(22)19-9-4-5-10(6-9)24-12(21)7-11(20)23-8-15(16,17)18/h4-5,9-10H,6-8H2,1-3H3,(H,19,22)/t9-,10-/m1/s1. The Labute approximate surface area is 142 Å². The minimum absolute atomic E-state index is 0.225. The second kappa shape index (κ2) is 8.21. The summed E-state index contributed by atoms with van der Waals surface area (Å²) in [6, 6.07) is -0.426. The lowest BCUT2D eigenvalue weighted by Gasteiger charge is -2.21. The van der Waals surface area contributed by atoms with Gasteiger partial charge in [0.2, 0.25) is 0 Å². The van der Waals surface area contributed by atoms with E-state index in [0.29, 0.717) is 0 Å². The first-order valence-electron chi connectivity index (χ1n) is 7.44. The van der Waals surface area contributed by atoms with E-state index >= 15 is 0 Å². The van der Waals surface area contributed by atoms with Crippen molar-refractivity contribution in [2.75, 3.05) is 6.61 Å². The summed E-state index contributed by atoms with van der Waals surface area (Å²) >= 11 is 0. The van der Waals surface area contributed by atoms with Gasteiger partial charge in [0.1, 0.15) is 18.1 Å². The fourth-order valence-corrected chi connectivity index (χ4v) is 1.86. The fourth-order valence-electron chi connectivity index (χ4n) is 1.86. The molecule has 0 saturated heterocycles. The topological polar surface area (TPSA) is 90.9 Å². The Bertz CT molecular complexity index is 538. The smallest absolute Gasteiger partial charge is 0.422 e. The molecule has 2 atom stereocenters. The first kappa shape index (κ1) is 20.8. The summed E-state index contributed by atoms with van der Waals surface area (Å²) in [4.78, 5) is 34.2. The van der Waals surface area contributed by atoms with E-state index in [4.69, 9.17) is 9.47 Å². The molecule has 0 spiro atoms. The first-order chi connectivity index (χ1) is 11.3. The molecule has 0 aliphatic heterocycles. The Hall–Kier alpha value is -2.26. The highest BCUT2D eigenvalue weighted by atomic mass is 19.4. The molecule has 0 aromatic rings. The van der Waals surface area contributed by atoms with Crippen LogP contribution in [-0.2, 0) is 23.8 Å². The number of carbonyl (C=O) groups is 3. The quantitative estimate of drug-likeness (QED) is 0.347. The van der Waals surface area contributed by atoms with Crippen molar-refractivity contribution in [1.29, 1.82) is 0 Å². The van der Waals surface area contributed by atoms with Crippen LogP contribution >= 0.6 is 0 Å². The summed E-state index contributed by atoms with van der Waals surface area (Å²) in [5.74, 6) is -2.34. The number of nitrogens with one attached hydrogen (secondary N) is 1. The van der Waals surface area contributed by atoms with Crippen molar-refractivity contribution in [3.05, 3.63) is 12.2 Å². The van der Waals surface area contributed by atoms with Crippen LogP contribution in [0.3, 0.4) is 0 Å². The second-order valence-corrected chi connectivity index (χ2v) is 6.35. The van der Waals surface area contributed by atoms with Gasteiger partial charge in [-0.3, -0.25) is 9.59 Å². The van der Waals surface area contributed by atoms with Crippen molar-refractivity contribution < 1.29 is 41.8 Å². The van der Waals surface area contributed by atoms with E-state index in [1.165, 1.54) is 6.08 Å². The van der Waals surface area contributed by atoms with Crippen LogP contribution in [0, 0.1) is 0 Å². The lowest BCUT2D eigenvalue weighted by atomic mass is 10.2. The molecule has 0 fully saturated rings. The Kier molecular flexibility index (Phi) is 6.83. The van der Waals surface area contributed by atoms with Crippen LogP contribution < -0.4 is 5.32 Å². The molecular weight excluding hydrogens is 347 g/mol. The monoisotopic (exact) mass is 367 g/mol. The first-order valence-corrected chi connectivity index (χ1v) is 7.44. The molecule has 1 amide bonds. The molecule has 7 nitrogen and oxygen atoms in total. The normalized spacial score (nSPS) is 20.1. The molecule has 0 aromatic heterocycles. The summed E-state index contributed by atoms with van der Waals surface area (Å²) in [6.45, 7) is 3.36. The largest absolute Gasteiger partial charge is 0.458 e. The maximum atomic E-state index is 11.9. The van der Waals surface area contributed by atoms with E-state index < -0.39 is 55.0 Å². The third-order valence-electron chi connectivity index (χ3n) is 2.71. The van der Waals surface area contributed by atoms with Gasteiger partial charge in [-0.2, -0.15) is 13.2 Å². The summed E-state index contributed by atoms with van der Waals surface area (Å²) in [6.07, 6.45) is -3.61. The Morgan fingerprint density at radius 3 is 2.32 bits per heavy atom. The van der Waals surface area contributed by atoms with Gasteiger partial charge in [0.05, 0.1) is 6.04 Å². The minimum atomic E-state index is -4.66. The maximum absolute atomic E-state index is 11.9. The number of hydrogen-bond acceptors (Lipinski definition) is 6. The lowest BCUT2D eigenvalue weighted by Crippen LogP contribution is -2.38. The van der Waals surface area contributed by atoms with Gasteiger partial charge < -0.3 is 19.5 Å². The van der Waals surface area contributed by atoms with E-state index in [9.17, 15) is 27.6 Å². The summed E-state index contributed by atoms with van der Waals surface area (Å²) in [7, 11) is 0. The molecule has 1 aliphatic carbocycles. The highest BCUT2D eigenvalue weighted by Crippen LogP contribution is 2.17. The van der Waals surface area contributed by atoms with Gasteiger partial charge in [-0.05, 0) is 26.8 Å². The zero-order chi connectivity index (χ0) is 19.3. The van der Waals surface area contributed by atoms with Crippen molar-refractivity contribution in [3.8, 4) is 0 Å². The molecule has 0 saturated carbocycles. The molecule has 25 heavy (non-hydrogen) atoms. The maximum Gasteiger partial charge on any atom is 0.422 e. The highest BCUT2D eigenvalue weighted by molar-refractivity contribution is 5.91. The summed E-state index contributed by atoms with van der Waals surface area (Å²) in [5, 5.41) is 2.56. The van der Waals surface area contributed by atoms with Gasteiger partial charge >= 0.3 is 24.2 Å². The van der Waals surface area contributed by atoms with Crippen LogP contribution in [-0.4, -0.2) is 48.6 Å². The number of carbonyl (C=O) groups excluding carboxylic acids is 3. The van der Waals surface area contributed by atoms with Crippen LogP contribution in [0.1, 0.15) is 33.6 Å². The number of esters is 2. The van der Waals surface area contributed by atoms with E-state index in [1.807, 2.05) is 0 Å². The molecular formula is C15H20F3NO6. The molecule has 1 N–H and O–H groups in total. The Morgan fingerprint density at radius 2 is 1.76 bits per heavy atom. The highest BCUT2D eigenvalue weighted by Gasteiger charge is 2.31. The lowest BCUT2D eigenvalue weighted by molar-refractivity contribution is -0.188. The van der Waals surface area contributed by atoms with Gasteiger partial charge in [-0.1, -0.05) is 6.08 Å². The fraction of sp³-hybridized carbons (Fsp3) is 0.667. The Balaban J connectivity index is 2.31. The van der Waals surface area contributed by atoms with Crippen molar-refractivity contribution in [1.82, 2.24) is 5.32 Å². The molecule has 0 radical (unpaired) electrons. The zero-order valence-corrected chi connectivity index (χ0v) is 14.0. The summed E-state index contributed by atoms with van der Waals surface area (Å²) in [5.41, 5.74) is -0.658. The van der Waals surface area contributed by atoms with Crippen molar-refractivity contribution in [2.24, 2.45) is 0 Å². The van der Waals surface area contributed by atoms with Crippen LogP contribution in [0.2, 0.25) is 0 Å². The average Bonchev–Trinajstić information content (AvgIpc) is 2.80. The van der Waals surface area contributed by atoms with E-state index in [0.717, 1.165) is 0 Å².